The number of para-hydroxylation sites is 1. The molecule has 0 saturated carbocycles. The van der Waals surface area contributed by atoms with Gasteiger partial charge in [0.1, 0.15) is 6.61 Å². The second-order valence-electron chi connectivity index (χ2n) is 5.89. The first kappa shape index (κ1) is 17.7. The highest BCUT2D eigenvalue weighted by molar-refractivity contribution is 6.33. The Bertz CT molecular complexity index is 733. The Morgan fingerprint density at radius 1 is 1.04 bits per heavy atom. The molecule has 1 aliphatic heterocycles. The van der Waals surface area contributed by atoms with Crippen LogP contribution >= 0.6 is 11.6 Å². The minimum absolute atomic E-state index is 0.0344. The van der Waals surface area contributed by atoms with E-state index in [1.165, 1.54) is 6.07 Å². The SMILES string of the molecule is O=C(c1ccccc1Cl)N1CCN(CCOc2ccccc2F)CC1. The molecule has 3 rings (SSSR count). The fourth-order valence-corrected chi connectivity index (χ4v) is 3.04. The number of hydrogen-bond acceptors (Lipinski definition) is 3. The van der Waals surface area contributed by atoms with Crippen molar-refractivity contribution in [1.82, 2.24) is 9.80 Å². The number of carbonyl (C=O) groups is 1. The van der Waals surface area contributed by atoms with E-state index in [1.54, 1.807) is 30.3 Å². The molecular weight excluding hydrogens is 343 g/mol. The molecule has 1 amide bonds. The number of benzene rings is 2. The summed E-state index contributed by atoms with van der Waals surface area (Å²) in [4.78, 5) is 16.5. The van der Waals surface area contributed by atoms with Crippen LogP contribution < -0.4 is 4.74 Å². The smallest absolute Gasteiger partial charge is 0.255 e. The predicted octanol–water partition coefficient (Wildman–Crippen LogP) is 3.32. The molecule has 2 aromatic rings. The molecule has 0 unspecified atom stereocenters. The lowest BCUT2D eigenvalue weighted by Crippen LogP contribution is -2.49. The molecule has 2 aromatic carbocycles. The van der Waals surface area contributed by atoms with Crippen LogP contribution in [-0.4, -0.2) is 55.0 Å². The normalized spacial score (nSPS) is 15.2. The highest BCUT2D eigenvalue weighted by Crippen LogP contribution is 2.18. The van der Waals surface area contributed by atoms with Crippen molar-refractivity contribution in [2.45, 2.75) is 0 Å². The molecule has 1 fully saturated rings. The Morgan fingerprint density at radius 2 is 1.72 bits per heavy atom. The molecule has 0 aromatic heterocycles. The minimum Gasteiger partial charge on any atom is -0.489 e. The molecule has 0 aliphatic carbocycles. The molecule has 0 N–H and O–H groups in total. The van der Waals surface area contributed by atoms with Crippen LogP contribution in [0.3, 0.4) is 0 Å². The summed E-state index contributed by atoms with van der Waals surface area (Å²) in [6.45, 7) is 3.92. The van der Waals surface area contributed by atoms with Gasteiger partial charge in [-0.3, -0.25) is 9.69 Å². The summed E-state index contributed by atoms with van der Waals surface area (Å²) in [7, 11) is 0. The fourth-order valence-electron chi connectivity index (χ4n) is 2.83. The van der Waals surface area contributed by atoms with Gasteiger partial charge in [0.2, 0.25) is 0 Å². The highest BCUT2D eigenvalue weighted by Gasteiger charge is 2.23. The fraction of sp³-hybridized carbons (Fsp3) is 0.316. The lowest BCUT2D eigenvalue weighted by atomic mass is 10.2. The van der Waals surface area contributed by atoms with Gasteiger partial charge in [-0.1, -0.05) is 35.9 Å². The lowest BCUT2D eigenvalue weighted by Gasteiger charge is -2.34. The Labute approximate surface area is 151 Å². The average Bonchev–Trinajstić information content (AvgIpc) is 2.64. The maximum Gasteiger partial charge on any atom is 0.255 e. The number of ether oxygens (including phenoxy) is 1. The molecule has 0 radical (unpaired) electrons. The number of amides is 1. The summed E-state index contributed by atoms with van der Waals surface area (Å²) in [5.74, 6) is -0.111. The molecule has 1 saturated heterocycles. The predicted molar refractivity (Wildman–Crippen MR) is 95.7 cm³/mol. The monoisotopic (exact) mass is 362 g/mol. The zero-order valence-electron chi connectivity index (χ0n) is 13.8. The Morgan fingerprint density at radius 3 is 2.44 bits per heavy atom. The largest absolute Gasteiger partial charge is 0.489 e. The summed E-state index contributed by atoms with van der Waals surface area (Å²) in [6, 6.07) is 13.5. The summed E-state index contributed by atoms with van der Waals surface area (Å²) in [6.07, 6.45) is 0. The van der Waals surface area contributed by atoms with Crippen LogP contribution in [0.5, 0.6) is 5.75 Å². The van der Waals surface area contributed by atoms with Gasteiger partial charge in [0.05, 0.1) is 10.6 Å². The van der Waals surface area contributed by atoms with Crippen molar-refractivity contribution < 1.29 is 13.9 Å². The van der Waals surface area contributed by atoms with Crippen molar-refractivity contribution in [3.63, 3.8) is 0 Å². The topological polar surface area (TPSA) is 32.8 Å². The van der Waals surface area contributed by atoms with Crippen LogP contribution in [0.25, 0.3) is 0 Å². The summed E-state index contributed by atoms with van der Waals surface area (Å²) in [5, 5.41) is 0.480. The third-order valence-corrected chi connectivity index (χ3v) is 4.60. The molecular formula is C19H20ClFN2O2. The molecule has 25 heavy (non-hydrogen) atoms. The van der Waals surface area contributed by atoms with Gasteiger partial charge in [-0.2, -0.15) is 0 Å². The van der Waals surface area contributed by atoms with Crippen LogP contribution in [0, 0.1) is 5.82 Å². The minimum atomic E-state index is -0.349. The first-order valence-electron chi connectivity index (χ1n) is 8.28. The van der Waals surface area contributed by atoms with E-state index >= 15 is 0 Å². The Kier molecular flexibility index (Phi) is 5.89. The standard InChI is InChI=1S/C19H20ClFN2O2/c20-16-6-2-1-5-15(16)19(24)23-11-9-22(10-12-23)13-14-25-18-8-4-3-7-17(18)21/h1-8H,9-14H2. The van der Waals surface area contributed by atoms with Crippen molar-refractivity contribution in [2.24, 2.45) is 0 Å². The number of halogens is 2. The second kappa shape index (κ2) is 8.32. The lowest BCUT2D eigenvalue weighted by molar-refractivity contribution is 0.0619. The molecule has 1 heterocycles. The van der Waals surface area contributed by atoms with Crippen LogP contribution in [0.4, 0.5) is 4.39 Å². The van der Waals surface area contributed by atoms with Crippen LogP contribution in [-0.2, 0) is 0 Å². The van der Waals surface area contributed by atoms with E-state index in [0.717, 1.165) is 13.1 Å². The number of rotatable bonds is 5. The first-order valence-corrected chi connectivity index (χ1v) is 8.66. The molecule has 0 atom stereocenters. The van der Waals surface area contributed by atoms with Gasteiger partial charge in [-0.25, -0.2) is 4.39 Å². The molecule has 6 heteroatoms. The van der Waals surface area contributed by atoms with Crippen molar-refractivity contribution >= 4 is 17.5 Å². The third-order valence-electron chi connectivity index (χ3n) is 4.27. The summed E-state index contributed by atoms with van der Waals surface area (Å²) < 4.78 is 19.0. The van der Waals surface area contributed by atoms with E-state index in [-0.39, 0.29) is 17.5 Å². The molecule has 1 aliphatic rings. The quantitative estimate of drug-likeness (QED) is 0.818. The van der Waals surface area contributed by atoms with Crippen molar-refractivity contribution in [3.8, 4) is 5.75 Å². The zero-order chi connectivity index (χ0) is 17.6. The highest BCUT2D eigenvalue weighted by atomic mass is 35.5. The van der Waals surface area contributed by atoms with E-state index < -0.39 is 0 Å². The van der Waals surface area contributed by atoms with E-state index in [0.29, 0.717) is 36.8 Å². The number of carbonyl (C=O) groups excluding carboxylic acids is 1. The van der Waals surface area contributed by atoms with Gasteiger partial charge in [0.15, 0.2) is 11.6 Å². The van der Waals surface area contributed by atoms with Crippen LogP contribution in [0.2, 0.25) is 5.02 Å². The van der Waals surface area contributed by atoms with Crippen molar-refractivity contribution in [2.75, 3.05) is 39.3 Å². The van der Waals surface area contributed by atoms with E-state index in [1.807, 2.05) is 17.0 Å². The van der Waals surface area contributed by atoms with Crippen LogP contribution in [0.1, 0.15) is 10.4 Å². The van der Waals surface area contributed by atoms with E-state index in [4.69, 9.17) is 16.3 Å². The number of piperazine rings is 1. The third kappa shape index (κ3) is 4.50. The van der Waals surface area contributed by atoms with Crippen molar-refractivity contribution in [1.29, 1.82) is 0 Å². The van der Waals surface area contributed by atoms with Gasteiger partial charge in [-0.05, 0) is 24.3 Å². The maximum atomic E-state index is 13.5. The van der Waals surface area contributed by atoms with Gasteiger partial charge in [0.25, 0.3) is 5.91 Å². The van der Waals surface area contributed by atoms with Gasteiger partial charge in [0, 0.05) is 32.7 Å². The molecule has 4 nitrogen and oxygen atoms in total. The number of hydrogen-bond donors (Lipinski definition) is 0. The molecule has 0 bridgehead atoms. The van der Waals surface area contributed by atoms with Crippen LogP contribution in [0.15, 0.2) is 48.5 Å². The number of nitrogens with zero attached hydrogens (tertiary/aromatic N) is 2. The first-order chi connectivity index (χ1) is 12.1. The van der Waals surface area contributed by atoms with E-state index in [2.05, 4.69) is 4.90 Å². The zero-order valence-corrected chi connectivity index (χ0v) is 14.6. The second-order valence-corrected chi connectivity index (χ2v) is 6.30. The van der Waals surface area contributed by atoms with Gasteiger partial charge < -0.3 is 9.64 Å². The average molecular weight is 363 g/mol. The Hall–Kier alpha value is -2.11. The van der Waals surface area contributed by atoms with Crippen molar-refractivity contribution in [3.05, 3.63) is 64.9 Å². The van der Waals surface area contributed by atoms with Gasteiger partial charge in [-0.15, -0.1) is 0 Å². The maximum absolute atomic E-state index is 13.5. The molecule has 132 valence electrons. The summed E-state index contributed by atoms with van der Waals surface area (Å²) in [5.41, 5.74) is 0.542. The van der Waals surface area contributed by atoms with Gasteiger partial charge >= 0.3 is 0 Å². The summed E-state index contributed by atoms with van der Waals surface area (Å²) >= 11 is 6.10. The van der Waals surface area contributed by atoms with E-state index in [9.17, 15) is 9.18 Å². The molecule has 0 spiro atoms. The Balaban J connectivity index is 1.45.